The molecule has 20 heavy (non-hydrogen) atoms. The van der Waals surface area contributed by atoms with Crippen LogP contribution in [0, 0.1) is 0 Å². The monoisotopic (exact) mass is 314 g/mol. The summed E-state index contributed by atoms with van der Waals surface area (Å²) in [5.74, 6) is -0.573. The van der Waals surface area contributed by atoms with Gasteiger partial charge < -0.3 is 9.52 Å². The summed E-state index contributed by atoms with van der Waals surface area (Å²) in [4.78, 5) is 11.3. The smallest absolute Gasteiger partial charge is 0.226 e. The van der Waals surface area contributed by atoms with Crippen molar-refractivity contribution in [2.45, 2.75) is 11.3 Å². The fourth-order valence-corrected chi connectivity index (χ4v) is 3.45. The zero-order valence-electron chi connectivity index (χ0n) is 10.2. The fourth-order valence-electron chi connectivity index (χ4n) is 1.62. The summed E-state index contributed by atoms with van der Waals surface area (Å²) < 4.78 is 29.2. The lowest BCUT2D eigenvalue weighted by Crippen LogP contribution is -2.11. The lowest BCUT2D eigenvalue weighted by Gasteiger charge is -2.05. The molecule has 0 bridgehead atoms. The van der Waals surface area contributed by atoms with E-state index in [0.717, 1.165) is 12.3 Å². The molecule has 0 spiro atoms. The highest BCUT2D eigenvalue weighted by molar-refractivity contribution is 7.91. The Hall–Kier alpha value is -1.79. The number of hydrogen-bond acceptors (Lipinski definition) is 5. The van der Waals surface area contributed by atoms with Crippen molar-refractivity contribution < 1.29 is 17.9 Å². The summed E-state index contributed by atoms with van der Waals surface area (Å²) in [7, 11) is -3.57. The lowest BCUT2D eigenvalue weighted by molar-refractivity contribution is 0.415. The van der Waals surface area contributed by atoms with E-state index in [1.807, 2.05) is 0 Å². The predicted molar refractivity (Wildman–Crippen MR) is 73.9 cm³/mol. The standard InChI is InChI=1S/C13H11ClO5S/c14-10-3-1-2-4-13(10)20(17,18)6-5-9-7-11(15)12(16)8-19-9/h1-4,7-8,16H,5-6H2. The Kier molecular flexibility index (Phi) is 4.15. The van der Waals surface area contributed by atoms with Crippen molar-refractivity contribution in [3.8, 4) is 5.75 Å². The van der Waals surface area contributed by atoms with Gasteiger partial charge in [0.1, 0.15) is 12.0 Å². The first-order chi connectivity index (χ1) is 9.40. The molecule has 1 heterocycles. The Morgan fingerprint density at radius 3 is 2.60 bits per heavy atom. The van der Waals surface area contributed by atoms with Crippen LogP contribution < -0.4 is 5.43 Å². The zero-order valence-corrected chi connectivity index (χ0v) is 11.8. The van der Waals surface area contributed by atoms with Crippen LogP contribution in [0.3, 0.4) is 0 Å². The number of hydrogen-bond donors (Lipinski definition) is 1. The Morgan fingerprint density at radius 1 is 1.25 bits per heavy atom. The van der Waals surface area contributed by atoms with E-state index in [1.165, 1.54) is 12.1 Å². The second-order valence-electron chi connectivity index (χ2n) is 4.10. The zero-order chi connectivity index (χ0) is 14.8. The van der Waals surface area contributed by atoms with E-state index >= 15 is 0 Å². The average molecular weight is 315 g/mol. The molecule has 2 rings (SSSR count). The highest BCUT2D eigenvalue weighted by Gasteiger charge is 2.18. The van der Waals surface area contributed by atoms with Crippen molar-refractivity contribution in [2.24, 2.45) is 0 Å². The molecule has 0 radical (unpaired) electrons. The van der Waals surface area contributed by atoms with E-state index in [4.69, 9.17) is 21.1 Å². The van der Waals surface area contributed by atoms with Crippen molar-refractivity contribution >= 4 is 21.4 Å². The SMILES string of the molecule is O=c1cc(CCS(=O)(=O)c2ccccc2Cl)occ1O. The molecule has 106 valence electrons. The predicted octanol–water partition coefficient (Wildman–Crippen LogP) is 2.02. The summed E-state index contributed by atoms with van der Waals surface area (Å²) in [5.41, 5.74) is -0.610. The molecule has 5 nitrogen and oxygen atoms in total. The Morgan fingerprint density at radius 2 is 1.95 bits per heavy atom. The van der Waals surface area contributed by atoms with Gasteiger partial charge in [0.05, 0.1) is 15.7 Å². The molecular weight excluding hydrogens is 304 g/mol. The largest absolute Gasteiger partial charge is 0.502 e. The molecular formula is C13H11ClO5S. The minimum Gasteiger partial charge on any atom is -0.502 e. The van der Waals surface area contributed by atoms with Crippen LogP contribution in [0.25, 0.3) is 0 Å². The van der Waals surface area contributed by atoms with Crippen molar-refractivity contribution in [3.05, 3.63) is 57.6 Å². The van der Waals surface area contributed by atoms with Gasteiger partial charge in [0.15, 0.2) is 15.6 Å². The molecule has 0 atom stereocenters. The molecule has 0 saturated carbocycles. The number of aromatic hydroxyl groups is 1. The molecule has 0 aliphatic heterocycles. The van der Waals surface area contributed by atoms with Gasteiger partial charge in [-0.3, -0.25) is 4.79 Å². The van der Waals surface area contributed by atoms with E-state index in [1.54, 1.807) is 12.1 Å². The number of sulfone groups is 1. The molecule has 7 heteroatoms. The first-order valence-electron chi connectivity index (χ1n) is 5.68. The minimum atomic E-state index is -3.57. The normalized spacial score (nSPS) is 11.4. The second-order valence-corrected chi connectivity index (χ2v) is 6.58. The quantitative estimate of drug-likeness (QED) is 0.933. The van der Waals surface area contributed by atoms with E-state index in [2.05, 4.69) is 0 Å². The molecule has 1 N–H and O–H groups in total. The third-order valence-corrected chi connectivity index (χ3v) is 4.86. The van der Waals surface area contributed by atoms with Crippen LogP contribution in [0.2, 0.25) is 5.02 Å². The van der Waals surface area contributed by atoms with Gasteiger partial charge >= 0.3 is 0 Å². The Bertz CT molecular complexity index is 779. The highest BCUT2D eigenvalue weighted by atomic mass is 35.5. The molecule has 0 amide bonds. The third-order valence-electron chi connectivity index (χ3n) is 2.66. The van der Waals surface area contributed by atoms with E-state index in [0.29, 0.717) is 0 Å². The van der Waals surface area contributed by atoms with Gasteiger partial charge in [-0.25, -0.2) is 8.42 Å². The summed E-state index contributed by atoms with van der Waals surface area (Å²) in [5, 5.41) is 9.20. The summed E-state index contributed by atoms with van der Waals surface area (Å²) in [6, 6.07) is 7.21. The summed E-state index contributed by atoms with van der Waals surface area (Å²) in [6.45, 7) is 0. The maximum Gasteiger partial charge on any atom is 0.226 e. The third kappa shape index (κ3) is 3.20. The van der Waals surface area contributed by atoms with Gasteiger partial charge in [-0.05, 0) is 12.1 Å². The lowest BCUT2D eigenvalue weighted by atomic mass is 10.3. The number of halogens is 1. The van der Waals surface area contributed by atoms with E-state index < -0.39 is 21.0 Å². The first kappa shape index (κ1) is 14.6. The minimum absolute atomic E-state index is 0.0169. The highest BCUT2D eigenvalue weighted by Crippen LogP contribution is 2.22. The molecule has 2 aromatic rings. The van der Waals surface area contributed by atoms with Crippen LogP contribution in [-0.2, 0) is 16.3 Å². The van der Waals surface area contributed by atoms with Gasteiger partial charge in [0, 0.05) is 12.5 Å². The van der Waals surface area contributed by atoms with Crippen LogP contribution in [0.5, 0.6) is 5.75 Å². The maximum absolute atomic E-state index is 12.1. The van der Waals surface area contributed by atoms with Crippen LogP contribution in [0.4, 0.5) is 0 Å². The topological polar surface area (TPSA) is 84.6 Å². The Balaban J connectivity index is 2.20. The van der Waals surface area contributed by atoms with Crippen molar-refractivity contribution in [2.75, 3.05) is 5.75 Å². The first-order valence-corrected chi connectivity index (χ1v) is 7.71. The van der Waals surface area contributed by atoms with Gasteiger partial charge in [0.2, 0.25) is 5.43 Å². The molecule has 0 aliphatic carbocycles. The van der Waals surface area contributed by atoms with Crippen molar-refractivity contribution in [1.82, 2.24) is 0 Å². The molecule has 0 unspecified atom stereocenters. The molecule has 1 aromatic carbocycles. The number of rotatable bonds is 4. The number of benzene rings is 1. The van der Waals surface area contributed by atoms with Crippen LogP contribution in [0.1, 0.15) is 5.76 Å². The van der Waals surface area contributed by atoms with Crippen molar-refractivity contribution in [3.63, 3.8) is 0 Å². The van der Waals surface area contributed by atoms with Gasteiger partial charge in [-0.15, -0.1) is 0 Å². The van der Waals surface area contributed by atoms with Crippen LogP contribution in [0.15, 0.2) is 50.7 Å². The van der Waals surface area contributed by atoms with Gasteiger partial charge in [0.25, 0.3) is 0 Å². The summed E-state index contributed by atoms with van der Waals surface area (Å²) >= 11 is 5.85. The van der Waals surface area contributed by atoms with Gasteiger partial charge in [-0.2, -0.15) is 0 Å². The number of aryl methyl sites for hydroxylation is 1. The molecule has 0 fully saturated rings. The average Bonchev–Trinajstić information content (AvgIpc) is 2.40. The van der Waals surface area contributed by atoms with Crippen LogP contribution >= 0.6 is 11.6 Å². The van der Waals surface area contributed by atoms with Crippen molar-refractivity contribution in [1.29, 1.82) is 0 Å². The molecule has 0 aliphatic rings. The Labute approximate surface area is 120 Å². The summed E-state index contributed by atoms with van der Waals surface area (Å²) in [6.07, 6.45) is 0.906. The molecule has 0 saturated heterocycles. The van der Waals surface area contributed by atoms with E-state index in [-0.39, 0.29) is 27.9 Å². The molecule has 1 aromatic heterocycles. The van der Waals surface area contributed by atoms with Gasteiger partial charge in [-0.1, -0.05) is 23.7 Å². The second kappa shape index (κ2) is 5.68. The van der Waals surface area contributed by atoms with E-state index in [9.17, 15) is 13.2 Å². The fraction of sp³-hybridized carbons (Fsp3) is 0.154. The maximum atomic E-state index is 12.1. The van der Waals surface area contributed by atoms with Crippen LogP contribution in [-0.4, -0.2) is 19.3 Å².